The molecule has 0 radical (unpaired) electrons. The Balaban J connectivity index is 1.31. The zero-order valence-electron chi connectivity index (χ0n) is 17.7. The molecule has 2 amide bonds. The first kappa shape index (κ1) is 21.4. The summed E-state index contributed by atoms with van der Waals surface area (Å²) in [7, 11) is 0. The minimum atomic E-state index is -0.476. The van der Waals surface area contributed by atoms with Crippen molar-refractivity contribution in [1.82, 2.24) is 20.8 Å². The summed E-state index contributed by atoms with van der Waals surface area (Å²) in [6.45, 7) is 0.304. The van der Waals surface area contributed by atoms with Crippen LogP contribution in [0, 0.1) is 0 Å². The fraction of sp³-hybridized carbons (Fsp3) is 0.0400. The molecule has 0 aliphatic rings. The normalized spacial score (nSPS) is 10.7. The number of thiazole rings is 1. The van der Waals surface area contributed by atoms with E-state index in [4.69, 9.17) is 9.15 Å². The van der Waals surface area contributed by atoms with Gasteiger partial charge in [0.05, 0.1) is 28.5 Å². The molecule has 0 atom stereocenters. The molecule has 9 heteroatoms. The SMILES string of the molecule is O=C(NNC(=O)c1cc(-c2ccco2)nc2ccccc12)c1cccc(OCc2cscn2)c1. The van der Waals surface area contributed by atoms with Crippen molar-refractivity contribution in [3.63, 3.8) is 0 Å². The molecule has 0 aliphatic heterocycles. The van der Waals surface area contributed by atoms with Crippen molar-refractivity contribution in [3.05, 3.63) is 101 Å². The number of hydrazine groups is 1. The van der Waals surface area contributed by atoms with Crippen LogP contribution in [-0.4, -0.2) is 21.8 Å². The first-order chi connectivity index (χ1) is 16.7. The number of carbonyl (C=O) groups excluding carboxylic acids is 2. The number of pyridine rings is 1. The lowest BCUT2D eigenvalue weighted by Crippen LogP contribution is -2.41. The molecular formula is C25H18N4O4S. The number of hydrogen-bond donors (Lipinski definition) is 2. The molecule has 3 heterocycles. The lowest BCUT2D eigenvalue weighted by molar-refractivity contribution is 0.0847. The van der Waals surface area contributed by atoms with Gasteiger partial charge in [-0.05, 0) is 42.5 Å². The number of benzene rings is 2. The molecule has 2 N–H and O–H groups in total. The van der Waals surface area contributed by atoms with Gasteiger partial charge < -0.3 is 9.15 Å². The molecule has 0 aliphatic carbocycles. The van der Waals surface area contributed by atoms with Crippen LogP contribution in [0.4, 0.5) is 0 Å². The number of hydrogen-bond acceptors (Lipinski definition) is 7. The van der Waals surface area contributed by atoms with Gasteiger partial charge in [-0.25, -0.2) is 9.97 Å². The average molecular weight is 471 g/mol. The van der Waals surface area contributed by atoms with Crippen LogP contribution in [0.1, 0.15) is 26.4 Å². The number of para-hydroxylation sites is 1. The van der Waals surface area contributed by atoms with Gasteiger partial charge in [0.2, 0.25) is 0 Å². The van der Waals surface area contributed by atoms with Gasteiger partial charge in [-0.2, -0.15) is 0 Å². The van der Waals surface area contributed by atoms with Crippen molar-refractivity contribution in [2.45, 2.75) is 6.61 Å². The Hall–Kier alpha value is -4.50. The van der Waals surface area contributed by atoms with Crippen LogP contribution in [0.2, 0.25) is 0 Å². The zero-order valence-corrected chi connectivity index (χ0v) is 18.5. The number of fused-ring (bicyclic) bond motifs is 1. The predicted octanol–water partition coefficient (Wildman–Crippen LogP) is 4.61. The Labute approximate surface area is 198 Å². The number of ether oxygens (including phenoxy) is 1. The molecular weight excluding hydrogens is 452 g/mol. The minimum Gasteiger partial charge on any atom is -0.487 e. The van der Waals surface area contributed by atoms with E-state index in [-0.39, 0.29) is 0 Å². The molecule has 3 aromatic heterocycles. The van der Waals surface area contributed by atoms with Crippen LogP contribution >= 0.6 is 11.3 Å². The Morgan fingerprint density at radius 3 is 2.68 bits per heavy atom. The molecule has 8 nitrogen and oxygen atoms in total. The van der Waals surface area contributed by atoms with E-state index >= 15 is 0 Å². The molecule has 5 rings (SSSR count). The molecule has 168 valence electrons. The average Bonchev–Trinajstić information content (AvgIpc) is 3.60. The first-order valence-electron chi connectivity index (χ1n) is 10.3. The fourth-order valence-corrected chi connectivity index (χ4v) is 3.90. The van der Waals surface area contributed by atoms with Gasteiger partial charge >= 0.3 is 0 Å². The number of carbonyl (C=O) groups is 2. The summed E-state index contributed by atoms with van der Waals surface area (Å²) in [5.74, 6) is 0.112. The quantitative estimate of drug-likeness (QED) is 0.351. The van der Waals surface area contributed by atoms with Crippen LogP contribution in [0.5, 0.6) is 5.75 Å². The van der Waals surface area contributed by atoms with E-state index in [1.54, 1.807) is 60.3 Å². The third kappa shape index (κ3) is 4.64. The largest absolute Gasteiger partial charge is 0.487 e. The van der Waals surface area contributed by atoms with Gasteiger partial charge in [0, 0.05) is 16.3 Å². The summed E-state index contributed by atoms with van der Waals surface area (Å²) < 4.78 is 11.1. The van der Waals surface area contributed by atoms with Crippen molar-refractivity contribution >= 4 is 34.1 Å². The highest BCUT2D eigenvalue weighted by Gasteiger charge is 2.16. The Morgan fingerprint density at radius 2 is 1.85 bits per heavy atom. The maximum Gasteiger partial charge on any atom is 0.270 e. The van der Waals surface area contributed by atoms with Gasteiger partial charge in [0.25, 0.3) is 11.8 Å². The third-order valence-electron chi connectivity index (χ3n) is 4.99. The molecule has 0 bridgehead atoms. The zero-order chi connectivity index (χ0) is 23.3. The lowest BCUT2D eigenvalue weighted by atomic mass is 10.1. The van der Waals surface area contributed by atoms with Crippen molar-refractivity contribution < 1.29 is 18.7 Å². The molecule has 34 heavy (non-hydrogen) atoms. The van der Waals surface area contributed by atoms with Crippen molar-refractivity contribution in [3.8, 4) is 17.2 Å². The van der Waals surface area contributed by atoms with Gasteiger partial charge in [0.1, 0.15) is 18.1 Å². The van der Waals surface area contributed by atoms with E-state index in [1.807, 2.05) is 23.6 Å². The topological polar surface area (TPSA) is 106 Å². The Kier molecular flexibility index (Phi) is 6.00. The monoisotopic (exact) mass is 470 g/mol. The second-order valence-electron chi connectivity index (χ2n) is 7.25. The fourth-order valence-electron chi connectivity index (χ4n) is 3.36. The second-order valence-corrected chi connectivity index (χ2v) is 7.97. The molecule has 0 fully saturated rings. The summed E-state index contributed by atoms with van der Waals surface area (Å²) in [5.41, 5.74) is 9.35. The van der Waals surface area contributed by atoms with E-state index in [0.717, 1.165) is 5.69 Å². The highest BCUT2D eigenvalue weighted by molar-refractivity contribution is 7.07. The van der Waals surface area contributed by atoms with Crippen LogP contribution in [-0.2, 0) is 6.61 Å². The summed E-state index contributed by atoms with van der Waals surface area (Å²) in [6, 6.07) is 19.1. The van der Waals surface area contributed by atoms with Crippen LogP contribution < -0.4 is 15.6 Å². The van der Waals surface area contributed by atoms with Crippen LogP contribution in [0.15, 0.2) is 88.3 Å². The lowest BCUT2D eigenvalue weighted by Gasteiger charge is -2.11. The highest BCUT2D eigenvalue weighted by Crippen LogP contribution is 2.25. The van der Waals surface area contributed by atoms with E-state index in [1.165, 1.54) is 11.3 Å². The number of rotatable bonds is 6. The van der Waals surface area contributed by atoms with Crippen molar-refractivity contribution in [2.24, 2.45) is 0 Å². The summed E-state index contributed by atoms with van der Waals surface area (Å²) in [6.07, 6.45) is 1.54. The van der Waals surface area contributed by atoms with E-state index in [0.29, 0.717) is 45.8 Å². The standard InChI is InChI=1S/C25H18N4O4S/c30-24(16-5-3-6-18(11-16)33-13-17-14-34-15-26-17)28-29-25(31)20-12-22(23-9-4-10-32-23)27-21-8-2-1-7-19(20)21/h1-12,14-15H,13H2,(H,28,30)(H,29,31). The smallest absolute Gasteiger partial charge is 0.270 e. The molecule has 2 aromatic carbocycles. The number of aromatic nitrogens is 2. The molecule has 5 aromatic rings. The Bertz CT molecular complexity index is 1450. The van der Waals surface area contributed by atoms with Gasteiger partial charge in [0.15, 0.2) is 5.76 Å². The Morgan fingerprint density at radius 1 is 0.971 bits per heavy atom. The van der Waals surface area contributed by atoms with E-state index < -0.39 is 11.8 Å². The minimum absolute atomic E-state index is 0.304. The number of nitrogens with one attached hydrogen (secondary N) is 2. The van der Waals surface area contributed by atoms with Crippen molar-refractivity contribution in [1.29, 1.82) is 0 Å². The van der Waals surface area contributed by atoms with Crippen molar-refractivity contribution in [2.75, 3.05) is 0 Å². The number of amides is 2. The van der Waals surface area contributed by atoms with Gasteiger partial charge in [-0.15, -0.1) is 11.3 Å². The first-order valence-corrected chi connectivity index (χ1v) is 11.3. The highest BCUT2D eigenvalue weighted by atomic mass is 32.1. The maximum absolute atomic E-state index is 13.0. The number of furan rings is 1. The third-order valence-corrected chi connectivity index (χ3v) is 5.63. The summed E-state index contributed by atoms with van der Waals surface area (Å²) >= 11 is 1.49. The van der Waals surface area contributed by atoms with Gasteiger partial charge in [-0.1, -0.05) is 24.3 Å². The van der Waals surface area contributed by atoms with Gasteiger partial charge in [-0.3, -0.25) is 20.4 Å². The van der Waals surface area contributed by atoms with Crippen LogP contribution in [0.3, 0.4) is 0 Å². The molecule has 0 spiro atoms. The second kappa shape index (κ2) is 9.55. The predicted molar refractivity (Wildman–Crippen MR) is 127 cm³/mol. The summed E-state index contributed by atoms with van der Waals surface area (Å²) in [5, 5.41) is 2.55. The summed E-state index contributed by atoms with van der Waals surface area (Å²) in [4.78, 5) is 34.4. The van der Waals surface area contributed by atoms with Crippen LogP contribution in [0.25, 0.3) is 22.4 Å². The van der Waals surface area contributed by atoms with E-state index in [2.05, 4.69) is 20.8 Å². The molecule has 0 saturated carbocycles. The molecule has 0 unspecified atom stereocenters. The maximum atomic E-state index is 13.0. The van der Waals surface area contributed by atoms with E-state index in [9.17, 15) is 9.59 Å². The molecule has 0 saturated heterocycles. The number of nitrogens with zero attached hydrogens (tertiary/aromatic N) is 2.